The Morgan fingerprint density at radius 1 is 1.50 bits per heavy atom. The van der Waals surface area contributed by atoms with Crippen LogP contribution in [-0.2, 0) is 4.74 Å². The summed E-state index contributed by atoms with van der Waals surface area (Å²) in [7, 11) is 0. The summed E-state index contributed by atoms with van der Waals surface area (Å²) in [6.45, 7) is 12.6. The van der Waals surface area contributed by atoms with Gasteiger partial charge in [-0.25, -0.2) is 0 Å². The number of aliphatic hydroxyl groups excluding tert-OH is 1. The second-order valence-corrected chi connectivity index (χ2v) is 5.97. The van der Waals surface area contributed by atoms with Crippen molar-refractivity contribution in [1.82, 2.24) is 10.2 Å². The Hall–Kier alpha value is -0.160. The SMILES string of the molecule is CCC1CN(CCC(C)(CO)NC(C)C)CCO1. The molecule has 1 saturated heterocycles. The largest absolute Gasteiger partial charge is 0.394 e. The van der Waals surface area contributed by atoms with E-state index in [1.54, 1.807) is 0 Å². The number of morpholine rings is 1. The zero-order valence-corrected chi connectivity index (χ0v) is 12.4. The monoisotopic (exact) mass is 258 g/mol. The van der Waals surface area contributed by atoms with E-state index in [2.05, 4.69) is 37.9 Å². The third-order valence-corrected chi connectivity index (χ3v) is 3.64. The van der Waals surface area contributed by atoms with Crippen molar-refractivity contribution in [2.45, 2.75) is 58.2 Å². The Bertz CT molecular complexity index is 236. The number of nitrogens with zero attached hydrogens (tertiary/aromatic N) is 1. The molecule has 18 heavy (non-hydrogen) atoms. The molecule has 0 spiro atoms. The lowest BCUT2D eigenvalue weighted by molar-refractivity contribution is -0.0327. The minimum atomic E-state index is -0.172. The zero-order chi connectivity index (χ0) is 13.6. The molecule has 0 aliphatic carbocycles. The highest BCUT2D eigenvalue weighted by molar-refractivity contribution is 4.85. The normalized spacial score (nSPS) is 25.3. The molecule has 0 aromatic carbocycles. The summed E-state index contributed by atoms with van der Waals surface area (Å²) in [6, 6.07) is 0.398. The lowest BCUT2D eigenvalue weighted by atomic mass is 9.97. The van der Waals surface area contributed by atoms with Crippen LogP contribution >= 0.6 is 0 Å². The average molecular weight is 258 g/mol. The molecule has 1 fully saturated rings. The molecule has 0 saturated carbocycles. The van der Waals surface area contributed by atoms with Crippen LogP contribution in [0, 0.1) is 0 Å². The number of hydrogen-bond acceptors (Lipinski definition) is 4. The number of aliphatic hydroxyl groups is 1. The Morgan fingerprint density at radius 3 is 2.78 bits per heavy atom. The zero-order valence-electron chi connectivity index (χ0n) is 12.4. The fourth-order valence-electron chi connectivity index (χ4n) is 2.53. The van der Waals surface area contributed by atoms with Crippen LogP contribution in [0.15, 0.2) is 0 Å². The van der Waals surface area contributed by atoms with Crippen molar-refractivity contribution < 1.29 is 9.84 Å². The van der Waals surface area contributed by atoms with Gasteiger partial charge in [0, 0.05) is 31.2 Å². The highest BCUT2D eigenvalue weighted by atomic mass is 16.5. The summed E-state index contributed by atoms with van der Waals surface area (Å²) in [5.41, 5.74) is -0.172. The summed E-state index contributed by atoms with van der Waals surface area (Å²) < 4.78 is 5.67. The average Bonchev–Trinajstić information content (AvgIpc) is 2.36. The van der Waals surface area contributed by atoms with Crippen LogP contribution in [0.5, 0.6) is 0 Å². The smallest absolute Gasteiger partial charge is 0.0700 e. The van der Waals surface area contributed by atoms with Crippen LogP contribution in [0.2, 0.25) is 0 Å². The second kappa shape index (κ2) is 7.43. The first-order valence-corrected chi connectivity index (χ1v) is 7.21. The van der Waals surface area contributed by atoms with Gasteiger partial charge in [0.2, 0.25) is 0 Å². The summed E-state index contributed by atoms with van der Waals surface area (Å²) in [4.78, 5) is 2.45. The van der Waals surface area contributed by atoms with Gasteiger partial charge in [-0.3, -0.25) is 4.90 Å². The molecule has 1 rings (SSSR count). The Balaban J connectivity index is 2.37. The molecule has 4 heteroatoms. The van der Waals surface area contributed by atoms with E-state index < -0.39 is 0 Å². The third-order valence-electron chi connectivity index (χ3n) is 3.64. The topological polar surface area (TPSA) is 44.7 Å². The standard InChI is InChI=1S/C14H30N2O2/c1-5-13-10-16(8-9-18-13)7-6-14(4,11-17)15-12(2)3/h12-13,15,17H,5-11H2,1-4H3. The molecular weight excluding hydrogens is 228 g/mol. The van der Waals surface area contributed by atoms with Crippen molar-refractivity contribution in [3.8, 4) is 0 Å². The molecule has 0 amide bonds. The highest BCUT2D eigenvalue weighted by Gasteiger charge is 2.26. The van der Waals surface area contributed by atoms with E-state index >= 15 is 0 Å². The first kappa shape index (κ1) is 15.9. The van der Waals surface area contributed by atoms with Crippen molar-refractivity contribution in [3.05, 3.63) is 0 Å². The van der Waals surface area contributed by atoms with Crippen LogP contribution in [0.3, 0.4) is 0 Å². The molecule has 0 radical (unpaired) electrons. The first-order chi connectivity index (χ1) is 8.49. The molecule has 108 valence electrons. The lowest BCUT2D eigenvalue weighted by Gasteiger charge is -2.37. The molecule has 4 nitrogen and oxygen atoms in total. The molecule has 0 aromatic rings. The van der Waals surface area contributed by atoms with Crippen LogP contribution in [0.1, 0.15) is 40.5 Å². The fraction of sp³-hybridized carbons (Fsp3) is 1.00. The van der Waals surface area contributed by atoms with Crippen LogP contribution in [0.4, 0.5) is 0 Å². The minimum Gasteiger partial charge on any atom is -0.394 e. The maximum atomic E-state index is 9.56. The predicted molar refractivity (Wildman–Crippen MR) is 74.9 cm³/mol. The van der Waals surface area contributed by atoms with E-state index in [4.69, 9.17) is 4.74 Å². The Labute approximate surface area is 112 Å². The number of rotatable bonds is 7. The van der Waals surface area contributed by atoms with Gasteiger partial charge in [-0.05, 0) is 19.8 Å². The molecule has 2 unspecified atom stereocenters. The van der Waals surface area contributed by atoms with Gasteiger partial charge in [0.25, 0.3) is 0 Å². The van der Waals surface area contributed by atoms with E-state index in [0.29, 0.717) is 12.1 Å². The van der Waals surface area contributed by atoms with Gasteiger partial charge in [0.15, 0.2) is 0 Å². The summed E-state index contributed by atoms with van der Waals surface area (Å²) in [5, 5.41) is 13.0. The van der Waals surface area contributed by atoms with Gasteiger partial charge in [0.05, 0.1) is 19.3 Å². The van der Waals surface area contributed by atoms with Crippen LogP contribution in [-0.4, -0.2) is 60.5 Å². The van der Waals surface area contributed by atoms with Crippen molar-refractivity contribution >= 4 is 0 Å². The van der Waals surface area contributed by atoms with Crippen LogP contribution in [0.25, 0.3) is 0 Å². The van der Waals surface area contributed by atoms with Gasteiger partial charge >= 0.3 is 0 Å². The molecule has 0 aromatic heterocycles. The second-order valence-electron chi connectivity index (χ2n) is 5.97. The van der Waals surface area contributed by atoms with E-state index in [9.17, 15) is 5.11 Å². The summed E-state index contributed by atoms with van der Waals surface area (Å²) >= 11 is 0. The molecule has 1 aliphatic rings. The molecule has 0 bridgehead atoms. The van der Waals surface area contributed by atoms with Crippen molar-refractivity contribution in [1.29, 1.82) is 0 Å². The minimum absolute atomic E-state index is 0.172. The fourth-order valence-corrected chi connectivity index (χ4v) is 2.53. The summed E-state index contributed by atoms with van der Waals surface area (Å²) in [6.07, 6.45) is 2.44. The molecule has 1 aliphatic heterocycles. The van der Waals surface area contributed by atoms with E-state index in [0.717, 1.165) is 39.1 Å². The Morgan fingerprint density at radius 2 is 2.22 bits per heavy atom. The lowest BCUT2D eigenvalue weighted by Crippen LogP contribution is -2.52. The molecule has 2 atom stereocenters. The van der Waals surface area contributed by atoms with E-state index in [1.165, 1.54) is 0 Å². The first-order valence-electron chi connectivity index (χ1n) is 7.21. The quantitative estimate of drug-likeness (QED) is 0.721. The predicted octanol–water partition coefficient (Wildman–Crippen LogP) is 1.24. The van der Waals surface area contributed by atoms with Gasteiger partial charge in [-0.15, -0.1) is 0 Å². The maximum Gasteiger partial charge on any atom is 0.0700 e. The van der Waals surface area contributed by atoms with Gasteiger partial charge in [-0.2, -0.15) is 0 Å². The van der Waals surface area contributed by atoms with Crippen molar-refractivity contribution in [2.75, 3.05) is 32.8 Å². The van der Waals surface area contributed by atoms with Gasteiger partial charge < -0.3 is 15.2 Å². The summed E-state index contributed by atoms with van der Waals surface area (Å²) in [5.74, 6) is 0. The molecule has 2 N–H and O–H groups in total. The van der Waals surface area contributed by atoms with E-state index in [1.807, 2.05) is 0 Å². The number of nitrogens with one attached hydrogen (secondary N) is 1. The van der Waals surface area contributed by atoms with Gasteiger partial charge in [0.1, 0.15) is 0 Å². The number of hydrogen-bond donors (Lipinski definition) is 2. The Kier molecular flexibility index (Phi) is 6.57. The third kappa shape index (κ3) is 5.22. The van der Waals surface area contributed by atoms with E-state index in [-0.39, 0.29) is 12.1 Å². The molecule has 1 heterocycles. The maximum absolute atomic E-state index is 9.56. The van der Waals surface area contributed by atoms with Gasteiger partial charge in [-0.1, -0.05) is 20.8 Å². The molecular formula is C14H30N2O2. The van der Waals surface area contributed by atoms with Crippen molar-refractivity contribution in [2.24, 2.45) is 0 Å². The highest BCUT2D eigenvalue weighted by Crippen LogP contribution is 2.14. The van der Waals surface area contributed by atoms with Crippen LogP contribution < -0.4 is 5.32 Å². The van der Waals surface area contributed by atoms with Crippen molar-refractivity contribution in [3.63, 3.8) is 0 Å². The number of ether oxygens (including phenoxy) is 1.